The number of halogens is 1. The maximum atomic E-state index is 13.5. The molecule has 0 fully saturated rings. The van der Waals surface area contributed by atoms with E-state index in [9.17, 15) is 9.18 Å². The molecule has 1 rings (SSSR count). The predicted octanol–water partition coefficient (Wildman–Crippen LogP) is 1.10. The zero-order valence-corrected chi connectivity index (χ0v) is 8.94. The summed E-state index contributed by atoms with van der Waals surface area (Å²) < 4.78 is 18.3. The van der Waals surface area contributed by atoms with Crippen molar-refractivity contribution in [2.24, 2.45) is 5.73 Å². The lowest BCUT2D eigenvalue weighted by Gasteiger charge is -2.11. The number of benzene rings is 1. The first kappa shape index (κ1) is 12.6. The highest BCUT2D eigenvalue weighted by Gasteiger charge is 2.19. The summed E-state index contributed by atoms with van der Waals surface area (Å²) in [5, 5.41) is 8.86. The third-order valence-electron chi connectivity index (χ3n) is 2.31. The van der Waals surface area contributed by atoms with Gasteiger partial charge >= 0.3 is 5.97 Å². The maximum absolute atomic E-state index is 13.5. The third kappa shape index (κ3) is 2.77. The second-order valence-electron chi connectivity index (χ2n) is 3.41. The molecule has 0 saturated heterocycles. The van der Waals surface area contributed by atoms with Crippen LogP contribution in [0.25, 0.3) is 0 Å². The van der Waals surface area contributed by atoms with Gasteiger partial charge in [0, 0.05) is 19.2 Å². The zero-order valence-electron chi connectivity index (χ0n) is 8.94. The van der Waals surface area contributed by atoms with Gasteiger partial charge in [-0.05, 0) is 11.6 Å². The second-order valence-corrected chi connectivity index (χ2v) is 3.41. The lowest BCUT2D eigenvalue weighted by molar-refractivity contribution is -0.138. The molecule has 1 aromatic rings. The predicted molar refractivity (Wildman–Crippen MR) is 56.5 cm³/mol. The summed E-state index contributed by atoms with van der Waals surface area (Å²) in [6, 6.07) is 4.27. The smallest absolute Gasteiger partial charge is 0.312 e. The maximum Gasteiger partial charge on any atom is 0.312 e. The van der Waals surface area contributed by atoms with Crippen molar-refractivity contribution < 1.29 is 19.0 Å². The Bertz CT molecular complexity index is 381. The molecule has 0 bridgehead atoms. The van der Waals surface area contributed by atoms with E-state index in [0.29, 0.717) is 11.1 Å². The lowest BCUT2D eigenvalue weighted by atomic mass is 9.98. The Morgan fingerprint density at radius 1 is 1.62 bits per heavy atom. The van der Waals surface area contributed by atoms with Crippen LogP contribution in [0, 0.1) is 5.82 Å². The topological polar surface area (TPSA) is 72.5 Å². The number of hydrogen-bond acceptors (Lipinski definition) is 3. The van der Waals surface area contributed by atoms with E-state index < -0.39 is 17.7 Å². The molecule has 3 N–H and O–H groups in total. The number of hydrogen-bond donors (Lipinski definition) is 2. The summed E-state index contributed by atoms with van der Waals surface area (Å²) in [5.41, 5.74) is 6.09. The summed E-state index contributed by atoms with van der Waals surface area (Å²) in [7, 11) is 1.47. The van der Waals surface area contributed by atoms with Gasteiger partial charge in [0.05, 0.1) is 12.5 Å². The van der Waals surface area contributed by atoms with Crippen molar-refractivity contribution in [1.82, 2.24) is 0 Å². The number of carbonyl (C=O) groups is 1. The first-order chi connectivity index (χ1) is 7.60. The fourth-order valence-electron chi connectivity index (χ4n) is 1.43. The Morgan fingerprint density at radius 3 is 2.75 bits per heavy atom. The number of aliphatic carboxylic acids is 1. The molecule has 0 saturated carbocycles. The minimum absolute atomic E-state index is 0.0571. The minimum atomic E-state index is -1.05. The number of rotatable bonds is 5. The van der Waals surface area contributed by atoms with Crippen LogP contribution in [0.15, 0.2) is 18.2 Å². The molecule has 0 aliphatic rings. The molecule has 0 amide bonds. The van der Waals surface area contributed by atoms with Crippen molar-refractivity contribution >= 4 is 5.97 Å². The molecule has 0 aliphatic heterocycles. The lowest BCUT2D eigenvalue weighted by Crippen LogP contribution is -2.21. The van der Waals surface area contributed by atoms with Gasteiger partial charge in [-0.1, -0.05) is 12.1 Å². The number of methoxy groups -OCH3 is 1. The summed E-state index contributed by atoms with van der Waals surface area (Å²) in [5.74, 6) is -2.40. The van der Waals surface area contributed by atoms with E-state index in [2.05, 4.69) is 0 Å². The van der Waals surface area contributed by atoms with Crippen LogP contribution in [0.4, 0.5) is 4.39 Å². The fraction of sp³-hybridized carbons (Fsp3) is 0.364. The number of nitrogens with two attached hydrogens (primary N) is 1. The van der Waals surface area contributed by atoms with Crippen LogP contribution in [-0.2, 0) is 16.1 Å². The molecule has 1 unspecified atom stereocenters. The monoisotopic (exact) mass is 227 g/mol. The summed E-state index contributed by atoms with van der Waals surface area (Å²) in [6.07, 6.45) is 0. The van der Waals surface area contributed by atoms with Gasteiger partial charge < -0.3 is 15.6 Å². The van der Waals surface area contributed by atoms with Gasteiger partial charge in [-0.15, -0.1) is 0 Å². The van der Waals surface area contributed by atoms with E-state index in [1.54, 1.807) is 6.07 Å². The molecule has 0 spiro atoms. The molecule has 0 heterocycles. The van der Waals surface area contributed by atoms with Crippen molar-refractivity contribution in [2.45, 2.75) is 12.5 Å². The second kappa shape index (κ2) is 5.58. The highest BCUT2D eigenvalue weighted by molar-refractivity contribution is 5.76. The molecule has 0 radical (unpaired) electrons. The highest BCUT2D eigenvalue weighted by atomic mass is 19.1. The van der Waals surface area contributed by atoms with Gasteiger partial charge in [0.15, 0.2) is 0 Å². The van der Waals surface area contributed by atoms with E-state index >= 15 is 0 Å². The first-order valence-corrected chi connectivity index (χ1v) is 4.80. The van der Waals surface area contributed by atoms with E-state index in [0.717, 1.165) is 0 Å². The molecule has 0 aromatic heterocycles. The minimum Gasteiger partial charge on any atom is -0.481 e. The van der Waals surface area contributed by atoms with E-state index in [4.69, 9.17) is 15.6 Å². The Morgan fingerprint density at radius 2 is 2.31 bits per heavy atom. The summed E-state index contributed by atoms with van der Waals surface area (Å²) in [4.78, 5) is 10.8. The van der Waals surface area contributed by atoms with Crippen LogP contribution in [0.3, 0.4) is 0 Å². The fourth-order valence-corrected chi connectivity index (χ4v) is 1.43. The van der Waals surface area contributed by atoms with Gasteiger partial charge in [-0.25, -0.2) is 4.39 Å². The first-order valence-electron chi connectivity index (χ1n) is 4.80. The molecule has 5 heteroatoms. The van der Waals surface area contributed by atoms with Crippen LogP contribution in [0.2, 0.25) is 0 Å². The van der Waals surface area contributed by atoms with Crippen molar-refractivity contribution in [1.29, 1.82) is 0 Å². The van der Waals surface area contributed by atoms with E-state index in [1.165, 1.54) is 19.2 Å². The zero-order chi connectivity index (χ0) is 12.1. The van der Waals surface area contributed by atoms with Gasteiger partial charge in [0.25, 0.3) is 0 Å². The average molecular weight is 227 g/mol. The Labute approximate surface area is 92.8 Å². The number of carboxylic acid groups (broad SMARTS) is 1. The van der Waals surface area contributed by atoms with Crippen LogP contribution in [-0.4, -0.2) is 24.7 Å². The molecule has 88 valence electrons. The summed E-state index contributed by atoms with van der Waals surface area (Å²) >= 11 is 0. The van der Waals surface area contributed by atoms with Crippen LogP contribution in [0.5, 0.6) is 0 Å². The van der Waals surface area contributed by atoms with E-state index in [-0.39, 0.29) is 13.2 Å². The molecule has 4 nitrogen and oxygen atoms in total. The summed E-state index contributed by atoms with van der Waals surface area (Å²) in [6.45, 7) is 0.102. The van der Waals surface area contributed by atoms with E-state index in [1.807, 2.05) is 0 Å². The normalized spacial score (nSPS) is 12.4. The van der Waals surface area contributed by atoms with Crippen LogP contribution < -0.4 is 5.73 Å². The molecule has 0 aliphatic carbocycles. The Balaban J connectivity index is 2.99. The molecular formula is C11H14FNO3. The number of ether oxygens (including phenoxy) is 1. The van der Waals surface area contributed by atoms with Gasteiger partial charge in [0.2, 0.25) is 0 Å². The molecular weight excluding hydrogens is 213 g/mol. The van der Waals surface area contributed by atoms with Gasteiger partial charge in [-0.2, -0.15) is 0 Å². The quantitative estimate of drug-likeness (QED) is 0.790. The highest BCUT2D eigenvalue weighted by Crippen LogP contribution is 2.19. The van der Waals surface area contributed by atoms with Crippen LogP contribution >= 0.6 is 0 Å². The van der Waals surface area contributed by atoms with Gasteiger partial charge in [-0.3, -0.25) is 4.79 Å². The Hall–Kier alpha value is -1.46. The molecule has 1 aromatic carbocycles. The molecule has 1 atom stereocenters. The SMILES string of the molecule is COCc1ccc(C(CN)C(=O)O)cc1F. The van der Waals surface area contributed by atoms with Crippen molar-refractivity contribution in [3.05, 3.63) is 35.1 Å². The number of carboxylic acids is 1. The van der Waals surface area contributed by atoms with Gasteiger partial charge in [0.1, 0.15) is 5.82 Å². The van der Waals surface area contributed by atoms with Crippen molar-refractivity contribution in [2.75, 3.05) is 13.7 Å². The third-order valence-corrected chi connectivity index (χ3v) is 2.31. The largest absolute Gasteiger partial charge is 0.481 e. The van der Waals surface area contributed by atoms with Crippen molar-refractivity contribution in [3.63, 3.8) is 0 Å². The molecule has 16 heavy (non-hydrogen) atoms. The average Bonchev–Trinajstić information content (AvgIpc) is 2.22. The van der Waals surface area contributed by atoms with Crippen molar-refractivity contribution in [3.8, 4) is 0 Å². The Kier molecular flexibility index (Phi) is 4.39. The standard InChI is InChI=1S/C11H14FNO3/c1-16-6-8-3-2-7(4-10(8)12)9(5-13)11(14)15/h2-4,9H,5-6,13H2,1H3,(H,14,15). The van der Waals surface area contributed by atoms with Crippen LogP contribution in [0.1, 0.15) is 17.0 Å².